The van der Waals surface area contributed by atoms with Crippen molar-refractivity contribution in [1.82, 2.24) is 26.1 Å². The number of carboxylic acids is 3. The van der Waals surface area contributed by atoms with Crippen LogP contribution in [0.25, 0.3) is 11.2 Å². The Bertz CT molecular complexity index is 692. The van der Waals surface area contributed by atoms with Crippen molar-refractivity contribution in [2.75, 3.05) is 0 Å². The first-order valence-corrected chi connectivity index (χ1v) is 4.37. The first kappa shape index (κ1) is 14.0. The molecule has 0 aliphatic rings. The van der Waals surface area contributed by atoms with Crippen molar-refractivity contribution in [1.29, 1.82) is 0 Å². The summed E-state index contributed by atoms with van der Waals surface area (Å²) in [6.45, 7) is 0. The number of aromatic carboxylic acids is 3. The Labute approximate surface area is 103 Å². The van der Waals surface area contributed by atoms with Gasteiger partial charge in [-0.05, 0) is 0 Å². The molecule has 19 heavy (non-hydrogen) atoms. The number of H-pyrrole nitrogens is 1. The molecule has 0 radical (unpaired) electrons. The fourth-order valence-electron chi connectivity index (χ4n) is 1.25. The molecule has 2 rings (SSSR count). The molecule has 2 heterocycles. The van der Waals surface area contributed by atoms with Crippen LogP contribution in [-0.4, -0.2) is 53.2 Å². The molecule has 2 aromatic heterocycles. The maximum Gasteiger partial charge on any atom is 0.374 e. The fraction of sp³-hybridized carbons (Fsp3) is 0. The topological polar surface area (TPSA) is 201 Å². The highest BCUT2D eigenvalue weighted by atomic mass is 16.4. The summed E-state index contributed by atoms with van der Waals surface area (Å²) in [4.78, 5) is 44.6. The maximum absolute atomic E-state index is 10.9. The molecule has 0 spiro atoms. The Kier molecular flexibility index (Phi) is 3.43. The van der Waals surface area contributed by atoms with Gasteiger partial charge in [0.25, 0.3) is 0 Å². The number of nitrogens with one attached hydrogen (secondary N) is 1. The van der Waals surface area contributed by atoms with Crippen molar-refractivity contribution in [3.63, 3.8) is 0 Å². The highest BCUT2D eigenvalue weighted by Gasteiger charge is 2.21. The highest BCUT2D eigenvalue weighted by Crippen LogP contribution is 2.14. The number of hydrogen-bond donors (Lipinski definition) is 5. The third-order valence-corrected chi connectivity index (χ3v) is 1.95. The minimum Gasteiger partial charge on any atom is -0.476 e. The van der Waals surface area contributed by atoms with Crippen molar-refractivity contribution < 1.29 is 29.7 Å². The van der Waals surface area contributed by atoms with Crippen LogP contribution in [0.1, 0.15) is 31.7 Å². The summed E-state index contributed by atoms with van der Waals surface area (Å²) < 4.78 is 0. The van der Waals surface area contributed by atoms with Crippen LogP contribution in [0.4, 0.5) is 0 Å². The smallest absolute Gasteiger partial charge is 0.374 e. The Morgan fingerprint density at radius 1 is 0.895 bits per heavy atom. The monoisotopic (exact) mass is 269 g/mol. The molecule has 0 aromatic carbocycles. The minimum absolute atomic E-state index is 0. The number of aromatic amines is 1. The summed E-state index contributed by atoms with van der Waals surface area (Å²) in [6, 6.07) is 0. The molecule has 2 aromatic rings. The van der Waals surface area contributed by atoms with Gasteiger partial charge < -0.3 is 26.5 Å². The average molecular weight is 269 g/mol. The number of nitrogens with zero attached hydrogens (tertiary/aromatic N) is 3. The Balaban J connectivity index is 0.00000180. The van der Waals surface area contributed by atoms with E-state index in [2.05, 4.69) is 19.9 Å². The van der Waals surface area contributed by atoms with Gasteiger partial charge in [0.15, 0.2) is 11.3 Å². The highest BCUT2D eigenvalue weighted by molar-refractivity contribution is 6.01. The number of aromatic nitrogens is 4. The zero-order chi connectivity index (χ0) is 13.4. The number of hydrogen-bond acceptors (Lipinski definition) is 7. The molecule has 0 aliphatic carbocycles. The molecule has 0 fully saturated rings. The van der Waals surface area contributed by atoms with Crippen molar-refractivity contribution >= 4 is 29.1 Å². The molecule has 0 bridgehead atoms. The summed E-state index contributed by atoms with van der Waals surface area (Å²) in [6.07, 6.45) is 0. The van der Waals surface area contributed by atoms with Crippen molar-refractivity contribution in [2.24, 2.45) is 0 Å². The molecule has 11 nitrogen and oxygen atoms in total. The molecule has 0 atom stereocenters. The Morgan fingerprint density at radius 3 is 2.00 bits per heavy atom. The lowest BCUT2D eigenvalue weighted by molar-refractivity contribution is 0.0667. The molecule has 0 aliphatic heterocycles. The molecule has 0 saturated heterocycles. The molecule has 0 unspecified atom stereocenters. The van der Waals surface area contributed by atoms with E-state index in [0.717, 1.165) is 0 Å². The second-order valence-electron chi connectivity index (χ2n) is 3.10. The van der Waals surface area contributed by atoms with E-state index in [1.54, 1.807) is 0 Å². The number of rotatable bonds is 3. The first-order valence-electron chi connectivity index (χ1n) is 4.37. The van der Waals surface area contributed by atoms with Gasteiger partial charge in [-0.15, -0.1) is 0 Å². The Hall–Kier alpha value is -3.08. The summed E-state index contributed by atoms with van der Waals surface area (Å²) >= 11 is 0. The number of fused-ring (bicyclic) bond motifs is 1. The van der Waals surface area contributed by atoms with Gasteiger partial charge in [-0.2, -0.15) is 0 Å². The third-order valence-electron chi connectivity index (χ3n) is 1.95. The van der Waals surface area contributed by atoms with Crippen LogP contribution in [0.5, 0.6) is 0 Å². The van der Waals surface area contributed by atoms with E-state index in [1.165, 1.54) is 0 Å². The van der Waals surface area contributed by atoms with Crippen LogP contribution in [0.3, 0.4) is 0 Å². The molecular formula is C8H7N5O6. The average Bonchev–Trinajstić information content (AvgIpc) is 2.70. The molecule has 0 saturated carbocycles. The Morgan fingerprint density at radius 2 is 1.53 bits per heavy atom. The van der Waals surface area contributed by atoms with Crippen LogP contribution in [0, 0.1) is 0 Å². The van der Waals surface area contributed by atoms with Gasteiger partial charge in [0.2, 0.25) is 11.6 Å². The lowest BCUT2D eigenvalue weighted by Gasteiger charge is -1.97. The van der Waals surface area contributed by atoms with Crippen molar-refractivity contribution in [3.8, 4) is 0 Å². The quantitative estimate of drug-likeness (QED) is 0.488. The van der Waals surface area contributed by atoms with E-state index in [9.17, 15) is 14.4 Å². The van der Waals surface area contributed by atoms with Gasteiger partial charge in [-0.1, -0.05) is 0 Å². The zero-order valence-electron chi connectivity index (χ0n) is 9.12. The van der Waals surface area contributed by atoms with Gasteiger partial charge >= 0.3 is 17.9 Å². The first-order chi connectivity index (χ1) is 8.40. The van der Waals surface area contributed by atoms with Gasteiger partial charge in [0, 0.05) is 0 Å². The lowest BCUT2D eigenvalue weighted by Crippen LogP contribution is -2.10. The summed E-state index contributed by atoms with van der Waals surface area (Å²) in [5.41, 5.74) is -1.24. The predicted octanol–water partition coefficient (Wildman–Crippen LogP) is -0.390. The predicted molar refractivity (Wildman–Crippen MR) is 57.6 cm³/mol. The van der Waals surface area contributed by atoms with Gasteiger partial charge in [-0.3, -0.25) is 0 Å². The third kappa shape index (κ3) is 2.30. The van der Waals surface area contributed by atoms with Crippen LogP contribution < -0.4 is 6.15 Å². The maximum atomic E-state index is 10.9. The molecular weight excluding hydrogens is 262 g/mol. The van der Waals surface area contributed by atoms with Crippen molar-refractivity contribution in [2.45, 2.75) is 0 Å². The van der Waals surface area contributed by atoms with Crippen LogP contribution >= 0.6 is 0 Å². The van der Waals surface area contributed by atoms with Crippen LogP contribution in [-0.2, 0) is 0 Å². The number of imidazole rings is 1. The number of carbonyl (C=O) groups is 3. The van der Waals surface area contributed by atoms with Crippen LogP contribution in [0.15, 0.2) is 0 Å². The van der Waals surface area contributed by atoms with E-state index >= 15 is 0 Å². The number of carboxylic acid groups (broad SMARTS) is 3. The molecule has 100 valence electrons. The summed E-state index contributed by atoms with van der Waals surface area (Å²) in [7, 11) is 0. The molecule has 7 N–H and O–H groups in total. The van der Waals surface area contributed by atoms with Gasteiger partial charge in [0.05, 0.1) is 0 Å². The minimum atomic E-state index is -1.54. The van der Waals surface area contributed by atoms with E-state index in [0.29, 0.717) is 0 Å². The van der Waals surface area contributed by atoms with E-state index in [1.807, 2.05) is 0 Å². The normalized spacial score (nSPS) is 9.89. The second kappa shape index (κ2) is 4.66. The van der Waals surface area contributed by atoms with E-state index < -0.39 is 35.3 Å². The summed E-state index contributed by atoms with van der Waals surface area (Å²) in [5, 5.41) is 26.2. The summed E-state index contributed by atoms with van der Waals surface area (Å²) in [5.74, 6) is -5.82. The van der Waals surface area contributed by atoms with E-state index in [4.69, 9.17) is 15.3 Å². The second-order valence-corrected chi connectivity index (χ2v) is 3.10. The van der Waals surface area contributed by atoms with Crippen LogP contribution in [0.2, 0.25) is 0 Å². The largest absolute Gasteiger partial charge is 0.476 e. The van der Waals surface area contributed by atoms with Gasteiger partial charge in [0.1, 0.15) is 5.52 Å². The standard InChI is InChI=1S/C8H4N4O6.H3N/c13-6(14)2-1-3(11-4(9-1)7(15)16)12-5(10-2)8(17)18;/h(H,13,14)(H,15,16)(H,17,18)(H,9,10,11,12);1H3. The molecule has 0 amide bonds. The zero-order valence-corrected chi connectivity index (χ0v) is 9.12. The SMILES string of the molecule is N.O=C(O)c1nc(C(=O)O)c2[nH]c(C(=O)O)nc2n1. The van der Waals surface area contributed by atoms with Crippen molar-refractivity contribution in [3.05, 3.63) is 17.3 Å². The van der Waals surface area contributed by atoms with Gasteiger partial charge in [-0.25, -0.2) is 29.3 Å². The lowest BCUT2D eigenvalue weighted by atomic mass is 10.3. The fourth-order valence-corrected chi connectivity index (χ4v) is 1.25. The van der Waals surface area contributed by atoms with E-state index in [-0.39, 0.29) is 17.3 Å². The molecule has 11 heteroatoms.